The lowest BCUT2D eigenvalue weighted by molar-refractivity contribution is 1.28. The Hall–Kier alpha value is -16.3. The van der Waals surface area contributed by atoms with E-state index in [1.165, 1.54) is 182 Å². The Balaban J connectivity index is 0.000000112. The zero-order valence-corrected chi connectivity index (χ0v) is 74.6. The minimum absolute atomic E-state index is 1.13. The van der Waals surface area contributed by atoms with E-state index < -0.39 is 0 Å². The first-order valence-corrected chi connectivity index (χ1v) is 47.4. The fourth-order valence-electron chi connectivity index (χ4n) is 19.2. The van der Waals surface area contributed by atoms with E-state index in [4.69, 9.17) is 0 Å². The average molecular weight is 1740 g/mol. The maximum Gasteiger partial charge on any atom is 0.0540 e. The molecule has 0 amide bonds. The van der Waals surface area contributed by atoms with E-state index in [2.05, 4.69) is 530 Å². The monoisotopic (exact) mass is 1740 g/mol. The summed E-state index contributed by atoms with van der Waals surface area (Å²) >= 11 is 5.71. The number of thiophene rings is 3. The molecule has 0 aliphatic carbocycles. The van der Waals surface area contributed by atoms with Crippen LogP contribution in [0.3, 0.4) is 0 Å². The summed E-state index contributed by atoms with van der Waals surface area (Å²) in [5.41, 5.74) is 27.8. The third-order valence-corrected chi connectivity index (χ3v) is 29.2. The number of hydrogen-bond acceptors (Lipinski definition) is 6. The first-order valence-electron chi connectivity index (χ1n) is 44.9. The summed E-state index contributed by atoms with van der Waals surface area (Å²) in [4.78, 5) is 7.11. The Bertz CT molecular complexity index is 8510. The lowest BCUT2D eigenvalue weighted by Gasteiger charge is -2.27. The molecule has 0 unspecified atom stereocenters. The summed E-state index contributed by atoms with van der Waals surface area (Å²) in [5, 5.41) is 15.3. The SMILES string of the molecule is c1ccc(-c2ccc(N(c3ccccc3)c3cccc(-c4cccc5c4sc4c(-c6ccccc6)cccc45)c3)cc2)cc1.c1ccc(-c2cccc3c2sc2c(-c4cccc(N(c5ccccc5)c5cccc6ccccc56)c4)cccc23)cc1.c1ccc(N(c2cccc(-c3cccc4c3sc3c(-c5cccc6ccccc56)cccc34)c2)c2cccc3ccccc23)cc1. The number of hydrogen-bond donors (Lipinski definition) is 0. The van der Waals surface area contributed by atoms with Gasteiger partial charge < -0.3 is 14.7 Å². The molecule has 22 aromatic carbocycles. The van der Waals surface area contributed by atoms with Crippen molar-refractivity contribution in [3.05, 3.63) is 516 Å². The van der Waals surface area contributed by atoms with Gasteiger partial charge in [0, 0.05) is 117 Å². The molecule has 0 bridgehead atoms. The highest BCUT2D eigenvalue weighted by atomic mass is 32.1. The van der Waals surface area contributed by atoms with E-state index in [1.54, 1.807) is 0 Å². The van der Waals surface area contributed by atoms with Crippen LogP contribution in [0.2, 0.25) is 0 Å². The van der Waals surface area contributed by atoms with Crippen molar-refractivity contribution >= 4 is 178 Å². The van der Waals surface area contributed by atoms with Crippen molar-refractivity contribution in [3.8, 4) is 77.9 Å². The number of anilines is 9. The summed E-state index contributed by atoms with van der Waals surface area (Å²) in [6, 6.07) is 186. The Kier molecular flexibility index (Phi) is 21.7. The van der Waals surface area contributed by atoms with Gasteiger partial charge in [-0.1, -0.05) is 419 Å². The van der Waals surface area contributed by atoms with E-state index in [9.17, 15) is 0 Å². The zero-order valence-electron chi connectivity index (χ0n) is 72.1. The average Bonchev–Trinajstić information content (AvgIpc) is 1.60. The summed E-state index contributed by atoms with van der Waals surface area (Å²) in [7, 11) is 0. The van der Waals surface area contributed by atoms with Crippen molar-refractivity contribution in [1.29, 1.82) is 0 Å². The Labute approximate surface area is 780 Å². The highest BCUT2D eigenvalue weighted by molar-refractivity contribution is 7.27. The Morgan fingerprint density at radius 1 is 0.121 bits per heavy atom. The van der Waals surface area contributed by atoms with Crippen LogP contribution in [0.25, 0.3) is 171 Å². The van der Waals surface area contributed by atoms with Crippen molar-refractivity contribution < 1.29 is 0 Å². The van der Waals surface area contributed by atoms with Gasteiger partial charge in [0.1, 0.15) is 0 Å². The van der Waals surface area contributed by atoms with Crippen LogP contribution in [0.5, 0.6) is 0 Å². The van der Waals surface area contributed by atoms with Crippen LogP contribution in [0.4, 0.5) is 51.2 Å². The lowest BCUT2D eigenvalue weighted by Crippen LogP contribution is -2.10. The van der Waals surface area contributed by atoms with Crippen molar-refractivity contribution in [2.75, 3.05) is 14.7 Å². The van der Waals surface area contributed by atoms with Gasteiger partial charge >= 0.3 is 0 Å². The molecule has 25 aromatic rings. The van der Waals surface area contributed by atoms with Crippen molar-refractivity contribution in [3.63, 3.8) is 0 Å². The van der Waals surface area contributed by atoms with Crippen LogP contribution in [0, 0.1) is 0 Å². The third-order valence-electron chi connectivity index (χ3n) is 25.4. The molecule has 0 saturated heterocycles. The second-order valence-corrected chi connectivity index (χ2v) is 36.3. The maximum atomic E-state index is 2.38. The second-order valence-electron chi connectivity index (χ2n) is 33.2. The van der Waals surface area contributed by atoms with Crippen LogP contribution < -0.4 is 14.7 Å². The number of nitrogens with zero attached hydrogens (tertiary/aromatic N) is 3. The van der Waals surface area contributed by atoms with E-state index in [0.717, 1.165) is 39.8 Å². The Morgan fingerprint density at radius 2 is 0.341 bits per heavy atom. The molecule has 0 N–H and O–H groups in total. The van der Waals surface area contributed by atoms with Crippen molar-refractivity contribution in [1.82, 2.24) is 0 Å². The molecule has 3 nitrogen and oxygen atoms in total. The minimum atomic E-state index is 1.13. The fourth-order valence-corrected chi connectivity index (χ4v) is 23.3. The molecule has 622 valence electrons. The van der Waals surface area contributed by atoms with Crippen molar-refractivity contribution in [2.45, 2.75) is 0 Å². The van der Waals surface area contributed by atoms with Crippen LogP contribution in [0.1, 0.15) is 0 Å². The number of para-hydroxylation sites is 3. The largest absolute Gasteiger partial charge is 0.310 e. The highest BCUT2D eigenvalue weighted by Gasteiger charge is 2.24. The van der Waals surface area contributed by atoms with Gasteiger partial charge in [-0.25, -0.2) is 0 Å². The fraction of sp³-hybridized carbons (Fsp3) is 0. The smallest absolute Gasteiger partial charge is 0.0540 e. The third kappa shape index (κ3) is 15.3. The first kappa shape index (κ1) is 80.3. The van der Waals surface area contributed by atoms with Crippen LogP contribution in [-0.2, 0) is 0 Å². The normalized spacial score (nSPS) is 11.3. The standard InChI is InChI=1S/C44H29NS.C42H29NS.C40H27NS/c1-2-18-33(19-3-1)45(42-28-10-16-31-14-5-7-22-36(31)42)34-20-8-17-32(29-34)37-23-11-26-40-41-27-12-25-39(44(41)46-43(37)40)38-24-9-15-30-13-4-6-21-35(30)38;1-4-13-30(14-5-1)31-25-27-35(28-26-31)43(34-18-8-3-9-19-34)36-20-10-17-33(29-36)38-22-12-24-40-39-23-11-21-37(41(39)44-42(38)40)32-15-6-2-7-16-32;1-3-13-29(14-4-1)34-22-11-24-36-37-25-12-23-35(40(37)42-39(34)36)30-17-9-20-32(27-30)41(31-18-5-2-6-19-31)38-26-10-16-28-15-7-8-21-33(28)38/h1-29H;1-29H;1-27H. The molecule has 0 saturated carbocycles. The molecule has 6 heteroatoms. The van der Waals surface area contributed by atoms with Gasteiger partial charge in [0.05, 0.1) is 11.4 Å². The predicted octanol–water partition coefficient (Wildman–Crippen LogP) is 37.7. The highest BCUT2D eigenvalue weighted by Crippen LogP contribution is 2.52. The summed E-state index contributed by atoms with van der Waals surface area (Å²) < 4.78 is 7.97. The number of fused-ring (bicyclic) bond motifs is 12. The van der Waals surface area contributed by atoms with Crippen molar-refractivity contribution in [2.24, 2.45) is 0 Å². The molecule has 0 atom stereocenters. The van der Waals surface area contributed by atoms with E-state index in [-0.39, 0.29) is 0 Å². The lowest BCUT2D eigenvalue weighted by atomic mass is 9.96. The molecule has 0 radical (unpaired) electrons. The van der Waals surface area contributed by atoms with Gasteiger partial charge in [0.25, 0.3) is 0 Å². The summed E-state index contributed by atoms with van der Waals surface area (Å²) in [5.74, 6) is 0. The van der Waals surface area contributed by atoms with Gasteiger partial charge in [-0.3, -0.25) is 0 Å². The number of rotatable bonds is 16. The molecule has 0 aliphatic heterocycles. The second kappa shape index (κ2) is 35.7. The number of benzene rings is 22. The minimum Gasteiger partial charge on any atom is -0.310 e. The quantitative estimate of drug-likeness (QED) is 0.0955. The van der Waals surface area contributed by atoms with Crippen LogP contribution in [-0.4, -0.2) is 0 Å². The molecular weight excluding hydrogens is 1650 g/mol. The van der Waals surface area contributed by atoms with E-state index >= 15 is 0 Å². The van der Waals surface area contributed by atoms with Gasteiger partial charge in [0.2, 0.25) is 0 Å². The molecule has 0 spiro atoms. The predicted molar refractivity (Wildman–Crippen MR) is 573 cm³/mol. The molecule has 132 heavy (non-hydrogen) atoms. The molecule has 3 aromatic heterocycles. The molecule has 0 aliphatic rings. The van der Waals surface area contributed by atoms with E-state index in [0.29, 0.717) is 0 Å². The van der Waals surface area contributed by atoms with Crippen LogP contribution >= 0.6 is 34.0 Å². The first-order chi connectivity index (χ1) is 65.5. The van der Waals surface area contributed by atoms with Gasteiger partial charge in [-0.15, -0.1) is 34.0 Å². The van der Waals surface area contributed by atoms with Gasteiger partial charge in [0.15, 0.2) is 0 Å². The zero-order chi connectivity index (χ0) is 87.6. The molecule has 25 rings (SSSR count). The molecule has 3 heterocycles. The Morgan fingerprint density at radius 3 is 0.720 bits per heavy atom. The van der Waals surface area contributed by atoms with Gasteiger partial charge in [-0.05, 0) is 191 Å². The molecular formula is C126H85N3S3. The molecule has 0 fully saturated rings. The van der Waals surface area contributed by atoms with Gasteiger partial charge in [-0.2, -0.15) is 0 Å². The topological polar surface area (TPSA) is 9.72 Å². The summed E-state index contributed by atoms with van der Waals surface area (Å²) in [6.45, 7) is 0. The van der Waals surface area contributed by atoms with Crippen LogP contribution in [0.15, 0.2) is 516 Å². The maximum absolute atomic E-state index is 2.38. The van der Waals surface area contributed by atoms with E-state index in [1.807, 2.05) is 34.0 Å². The summed E-state index contributed by atoms with van der Waals surface area (Å²) in [6.07, 6.45) is 0.